The van der Waals surface area contributed by atoms with E-state index in [1.807, 2.05) is 35.9 Å². The number of aromatic nitrogens is 1. The third-order valence-electron chi connectivity index (χ3n) is 4.33. The Balaban J connectivity index is 1.68. The van der Waals surface area contributed by atoms with Crippen molar-refractivity contribution >= 4 is 34.3 Å². The number of esters is 1. The Kier molecular flexibility index (Phi) is 5.07. The Hall–Kier alpha value is -3.41. The summed E-state index contributed by atoms with van der Waals surface area (Å²) in [6, 6.07) is 14.0. The normalized spacial score (nSPS) is 11.8. The predicted molar refractivity (Wildman–Crippen MR) is 103 cm³/mol. The van der Waals surface area contributed by atoms with E-state index in [1.165, 1.54) is 13.8 Å². The van der Waals surface area contributed by atoms with Crippen molar-refractivity contribution in [2.24, 2.45) is 7.05 Å². The number of para-hydroxylation sites is 1. The SMILES string of the molecule is CC(=O)c1ccc(NC(=O)C(C)OC(=O)c2cn(C)c3ccccc23)cc1. The molecule has 1 amide bonds. The number of hydrogen-bond acceptors (Lipinski definition) is 4. The number of amides is 1. The highest BCUT2D eigenvalue weighted by atomic mass is 16.5. The van der Waals surface area contributed by atoms with Gasteiger partial charge in [-0.1, -0.05) is 18.2 Å². The van der Waals surface area contributed by atoms with Crippen molar-refractivity contribution in [3.8, 4) is 0 Å². The zero-order valence-electron chi connectivity index (χ0n) is 15.4. The molecule has 3 rings (SSSR count). The molecule has 0 bridgehead atoms. The van der Waals surface area contributed by atoms with Gasteiger partial charge in [0.15, 0.2) is 11.9 Å². The van der Waals surface area contributed by atoms with E-state index in [4.69, 9.17) is 4.74 Å². The van der Waals surface area contributed by atoms with E-state index in [0.717, 1.165) is 10.9 Å². The number of benzene rings is 2. The van der Waals surface area contributed by atoms with Crippen LogP contribution in [0.25, 0.3) is 10.9 Å². The molecule has 0 aliphatic heterocycles. The summed E-state index contributed by atoms with van der Waals surface area (Å²) < 4.78 is 7.18. The van der Waals surface area contributed by atoms with Gasteiger partial charge in [0.05, 0.1) is 5.56 Å². The Bertz CT molecular complexity index is 1020. The average molecular weight is 364 g/mol. The fraction of sp³-hybridized carbons (Fsp3) is 0.190. The Morgan fingerprint density at radius 3 is 2.37 bits per heavy atom. The van der Waals surface area contributed by atoms with Crippen LogP contribution in [0.4, 0.5) is 5.69 Å². The number of nitrogens with zero attached hydrogens (tertiary/aromatic N) is 1. The summed E-state index contributed by atoms with van der Waals surface area (Å²) >= 11 is 0. The lowest BCUT2D eigenvalue weighted by atomic mass is 10.1. The minimum absolute atomic E-state index is 0.0507. The van der Waals surface area contributed by atoms with Crippen molar-refractivity contribution in [2.75, 3.05) is 5.32 Å². The molecule has 0 radical (unpaired) electrons. The van der Waals surface area contributed by atoms with Crippen molar-refractivity contribution in [3.63, 3.8) is 0 Å². The van der Waals surface area contributed by atoms with Crippen molar-refractivity contribution in [1.29, 1.82) is 0 Å². The second-order valence-electron chi connectivity index (χ2n) is 6.34. The summed E-state index contributed by atoms with van der Waals surface area (Å²) in [6.45, 7) is 2.99. The van der Waals surface area contributed by atoms with Crippen LogP contribution in [-0.4, -0.2) is 28.3 Å². The minimum atomic E-state index is -0.969. The number of carbonyl (C=O) groups excluding carboxylic acids is 3. The average Bonchev–Trinajstić information content (AvgIpc) is 2.99. The second-order valence-corrected chi connectivity index (χ2v) is 6.34. The molecule has 0 fully saturated rings. The molecule has 1 atom stereocenters. The van der Waals surface area contributed by atoms with Crippen LogP contribution in [0.2, 0.25) is 0 Å². The molecule has 1 N–H and O–H groups in total. The molecule has 0 spiro atoms. The smallest absolute Gasteiger partial charge is 0.341 e. The van der Waals surface area contributed by atoms with Crippen LogP contribution < -0.4 is 5.32 Å². The van der Waals surface area contributed by atoms with Crippen molar-refractivity contribution in [1.82, 2.24) is 4.57 Å². The molecule has 0 saturated carbocycles. The zero-order valence-corrected chi connectivity index (χ0v) is 15.4. The summed E-state index contributed by atoms with van der Waals surface area (Å²) in [5.41, 5.74) is 2.41. The molecule has 6 nitrogen and oxygen atoms in total. The fourth-order valence-electron chi connectivity index (χ4n) is 2.81. The number of Topliss-reactive ketones (excluding diaryl/α,β-unsaturated/α-hetero) is 1. The number of fused-ring (bicyclic) bond motifs is 1. The molecule has 0 saturated heterocycles. The van der Waals surface area contributed by atoms with Gasteiger partial charge in [0.2, 0.25) is 0 Å². The van der Waals surface area contributed by atoms with E-state index < -0.39 is 18.0 Å². The van der Waals surface area contributed by atoms with E-state index in [9.17, 15) is 14.4 Å². The first-order valence-electron chi connectivity index (χ1n) is 8.53. The molecule has 1 aromatic heterocycles. The first kappa shape index (κ1) is 18.4. The van der Waals surface area contributed by atoms with Crippen LogP contribution in [0, 0.1) is 0 Å². The van der Waals surface area contributed by atoms with Gasteiger partial charge in [-0.25, -0.2) is 4.79 Å². The third-order valence-corrected chi connectivity index (χ3v) is 4.33. The summed E-state index contributed by atoms with van der Waals surface area (Å²) in [4.78, 5) is 36.1. The van der Waals surface area contributed by atoms with Gasteiger partial charge < -0.3 is 14.6 Å². The Labute approximate surface area is 156 Å². The van der Waals surface area contributed by atoms with Crippen LogP contribution in [0.5, 0.6) is 0 Å². The maximum absolute atomic E-state index is 12.5. The van der Waals surface area contributed by atoms with E-state index in [-0.39, 0.29) is 5.78 Å². The van der Waals surface area contributed by atoms with Gasteiger partial charge >= 0.3 is 5.97 Å². The number of nitrogens with one attached hydrogen (secondary N) is 1. The molecular weight excluding hydrogens is 344 g/mol. The quantitative estimate of drug-likeness (QED) is 0.555. The van der Waals surface area contributed by atoms with Gasteiger partial charge in [0, 0.05) is 35.4 Å². The second kappa shape index (κ2) is 7.45. The molecule has 0 aliphatic carbocycles. The van der Waals surface area contributed by atoms with E-state index >= 15 is 0 Å². The fourth-order valence-corrected chi connectivity index (χ4v) is 2.81. The highest BCUT2D eigenvalue weighted by Gasteiger charge is 2.21. The van der Waals surface area contributed by atoms with Crippen LogP contribution in [-0.2, 0) is 16.6 Å². The predicted octanol–water partition coefficient (Wildman–Crippen LogP) is 3.56. The number of aryl methyl sites for hydroxylation is 1. The number of rotatable bonds is 5. The number of ether oxygens (including phenoxy) is 1. The molecule has 2 aromatic carbocycles. The number of ketones is 1. The molecule has 27 heavy (non-hydrogen) atoms. The standard InChI is InChI=1S/C21H20N2O4/c1-13(24)15-8-10-16(11-9-15)22-20(25)14(2)27-21(26)18-12-23(3)19-7-5-4-6-17(18)19/h4-12,14H,1-3H3,(H,22,25). The van der Waals surface area contributed by atoms with E-state index in [0.29, 0.717) is 16.8 Å². The molecule has 6 heteroatoms. The lowest BCUT2D eigenvalue weighted by molar-refractivity contribution is -0.123. The largest absolute Gasteiger partial charge is 0.449 e. The topological polar surface area (TPSA) is 77.4 Å². The lowest BCUT2D eigenvalue weighted by Gasteiger charge is -2.13. The van der Waals surface area contributed by atoms with Crippen LogP contribution in [0.15, 0.2) is 54.7 Å². The van der Waals surface area contributed by atoms with Crippen LogP contribution in [0.3, 0.4) is 0 Å². The Morgan fingerprint density at radius 2 is 1.70 bits per heavy atom. The number of anilines is 1. The molecule has 3 aromatic rings. The maximum Gasteiger partial charge on any atom is 0.341 e. The van der Waals surface area contributed by atoms with E-state index in [1.54, 1.807) is 30.5 Å². The van der Waals surface area contributed by atoms with Crippen molar-refractivity contribution in [2.45, 2.75) is 20.0 Å². The molecule has 138 valence electrons. The van der Waals surface area contributed by atoms with Gasteiger partial charge in [-0.15, -0.1) is 0 Å². The zero-order chi connectivity index (χ0) is 19.6. The molecule has 0 aliphatic rings. The van der Waals surface area contributed by atoms with Crippen molar-refractivity contribution < 1.29 is 19.1 Å². The first-order valence-corrected chi connectivity index (χ1v) is 8.53. The first-order chi connectivity index (χ1) is 12.9. The van der Waals surface area contributed by atoms with Gasteiger partial charge in [0.1, 0.15) is 0 Å². The maximum atomic E-state index is 12.5. The van der Waals surface area contributed by atoms with Gasteiger partial charge in [0.25, 0.3) is 5.91 Å². The van der Waals surface area contributed by atoms with Gasteiger partial charge in [-0.05, 0) is 44.2 Å². The summed E-state index contributed by atoms with van der Waals surface area (Å²) in [5, 5.41) is 3.45. The summed E-state index contributed by atoms with van der Waals surface area (Å²) in [5.74, 6) is -1.05. The minimum Gasteiger partial charge on any atom is -0.449 e. The molecular formula is C21H20N2O4. The van der Waals surface area contributed by atoms with Gasteiger partial charge in [-0.2, -0.15) is 0 Å². The molecule has 1 unspecified atom stereocenters. The van der Waals surface area contributed by atoms with Gasteiger partial charge in [-0.3, -0.25) is 9.59 Å². The van der Waals surface area contributed by atoms with E-state index in [2.05, 4.69) is 5.32 Å². The van der Waals surface area contributed by atoms with Crippen molar-refractivity contribution in [3.05, 3.63) is 65.9 Å². The highest BCUT2D eigenvalue weighted by Crippen LogP contribution is 2.21. The number of carbonyl (C=O) groups is 3. The lowest BCUT2D eigenvalue weighted by Crippen LogP contribution is -2.30. The summed E-state index contributed by atoms with van der Waals surface area (Å²) in [6.07, 6.45) is 0.724. The van der Waals surface area contributed by atoms with Crippen LogP contribution >= 0.6 is 0 Å². The third kappa shape index (κ3) is 3.89. The summed E-state index contributed by atoms with van der Waals surface area (Å²) in [7, 11) is 1.85. The van der Waals surface area contributed by atoms with Crippen LogP contribution in [0.1, 0.15) is 34.6 Å². The molecule has 1 heterocycles. The highest BCUT2D eigenvalue weighted by molar-refractivity contribution is 6.05. The monoisotopic (exact) mass is 364 g/mol. The number of hydrogen-bond donors (Lipinski definition) is 1. The Morgan fingerprint density at radius 1 is 1.04 bits per heavy atom.